The normalized spacial score (nSPS) is 14.4. The number of amides is 1. The summed E-state index contributed by atoms with van der Waals surface area (Å²) in [5.41, 5.74) is 4.80. The molecule has 0 saturated carbocycles. The van der Waals surface area contributed by atoms with Crippen LogP contribution in [0.1, 0.15) is 22.3 Å². The van der Waals surface area contributed by atoms with Crippen molar-refractivity contribution in [2.75, 3.05) is 26.8 Å². The van der Waals surface area contributed by atoms with Crippen LogP contribution in [-0.2, 0) is 30.5 Å². The molecular weight excluding hydrogens is 314 g/mol. The van der Waals surface area contributed by atoms with Gasteiger partial charge in [0.1, 0.15) is 11.5 Å². The van der Waals surface area contributed by atoms with Crippen molar-refractivity contribution in [3.63, 3.8) is 0 Å². The fourth-order valence-corrected chi connectivity index (χ4v) is 3.66. The van der Waals surface area contributed by atoms with E-state index in [1.165, 1.54) is 16.7 Å². The Bertz CT molecular complexity index is 753. The first-order valence-electron chi connectivity index (χ1n) is 8.93. The standard InChI is InChI=1S/C21H23NO3/c1-22(20(23)13-15-5-3-2-4-6-15)10-7-18-17-9-12-24-19(17)14-16-8-11-25-21(16)18/h2-6,14H,7-13H2,1H3. The van der Waals surface area contributed by atoms with E-state index in [-0.39, 0.29) is 5.91 Å². The Morgan fingerprint density at radius 2 is 1.92 bits per heavy atom. The summed E-state index contributed by atoms with van der Waals surface area (Å²) in [6, 6.07) is 12.0. The first kappa shape index (κ1) is 16.0. The zero-order chi connectivity index (χ0) is 17.2. The molecule has 25 heavy (non-hydrogen) atoms. The highest BCUT2D eigenvalue weighted by Gasteiger charge is 2.26. The molecule has 0 saturated heterocycles. The minimum Gasteiger partial charge on any atom is -0.493 e. The van der Waals surface area contributed by atoms with E-state index in [9.17, 15) is 4.79 Å². The number of hydrogen-bond acceptors (Lipinski definition) is 3. The number of likely N-dealkylation sites (N-methyl/N-ethyl adjacent to an activating group) is 1. The number of ether oxygens (including phenoxy) is 2. The number of benzene rings is 2. The Labute approximate surface area is 148 Å². The van der Waals surface area contributed by atoms with Gasteiger partial charge in [0.2, 0.25) is 5.91 Å². The molecule has 4 nitrogen and oxygen atoms in total. The van der Waals surface area contributed by atoms with Crippen LogP contribution in [0.25, 0.3) is 0 Å². The lowest BCUT2D eigenvalue weighted by atomic mass is 9.97. The van der Waals surface area contributed by atoms with Crippen LogP contribution in [0.15, 0.2) is 36.4 Å². The molecule has 2 aliphatic rings. The third kappa shape index (κ3) is 3.21. The van der Waals surface area contributed by atoms with E-state index in [2.05, 4.69) is 6.07 Å². The molecular formula is C21H23NO3. The van der Waals surface area contributed by atoms with Gasteiger partial charge < -0.3 is 14.4 Å². The van der Waals surface area contributed by atoms with Crippen molar-refractivity contribution in [1.29, 1.82) is 0 Å². The molecule has 1 amide bonds. The zero-order valence-corrected chi connectivity index (χ0v) is 14.6. The fourth-order valence-electron chi connectivity index (χ4n) is 3.66. The summed E-state index contributed by atoms with van der Waals surface area (Å²) >= 11 is 0. The quantitative estimate of drug-likeness (QED) is 0.842. The topological polar surface area (TPSA) is 38.8 Å². The lowest BCUT2D eigenvalue weighted by Gasteiger charge is -2.19. The fraction of sp³-hybridized carbons (Fsp3) is 0.381. The van der Waals surface area contributed by atoms with Gasteiger partial charge in [-0.15, -0.1) is 0 Å². The summed E-state index contributed by atoms with van der Waals surface area (Å²) in [7, 11) is 1.88. The van der Waals surface area contributed by atoms with Gasteiger partial charge in [0.25, 0.3) is 0 Å². The van der Waals surface area contributed by atoms with Crippen molar-refractivity contribution in [2.45, 2.75) is 25.7 Å². The minimum atomic E-state index is 0.146. The number of hydrogen-bond donors (Lipinski definition) is 0. The van der Waals surface area contributed by atoms with Gasteiger partial charge in [-0.2, -0.15) is 0 Å². The van der Waals surface area contributed by atoms with Crippen LogP contribution in [0.4, 0.5) is 0 Å². The number of carbonyl (C=O) groups excluding carboxylic acids is 1. The second-order valence-corrected chi connectivity index (χ2v) is 6.74. The molecule has 2 aromatic carbocycles. The predicted molar refractivity (Wildman–Crippen MR) is 96.3 cm³/mol. The van der Waals surface area contributed by atoms with Crippen molar-refractivity contribution in [3.8, 4) is 11.5 Å². The second-order valence-electron chi connectivity index (χ2n) is 6.74. The summed E-state index contributed by atoms with van der Waals surface area (Å²) in [5.74, 6) is 2.19. The van der Waals surface area contributed by atoms with Crippen molar-refractivity contribution < 1.29 is 14.3 Å². The molecule has 0 aromatic heterocycles. The zero-order valence-electron chi connectivity index (χ0n) is 14.6. The van der Waals surface area contributed by atoms with Gasteiger partial charge in [-0.05, 0) is 18.1 Å². The number of carbonyl (C=O) groups is 1. The van der Waals surface area contributed by atoms with Crippen LogP contribution in [0.3, 0.4) is 0 Å². The summed E-state index contributed by atoms with van der Waals surface area (Å²) in [5, 5.41) is 0. The number of rotatable bonds is 5. The molecule has 4 rings (SSSR count). The van der Waals surface area contributed by atoms with E-state index in [0.717, 1.165) is 49.5 Å². The molecule has 0 bridgehead atoms. The van der Waals surface area contributed by atoms with Crippen LogP contribution < -0.4 is 9.47 Å². The summed E-state index contributed by atoms with van der Waals surface area (Å²) < 4.78 is 11.6. The van der Waals surface area contributed by atoms with E-state index in [1.807, 2.05) is 42.3 Å². The summed E-state index contributed by atoms with van der Waals surface area (Å²) in [6.07, 6.45) is 3.14. The van der Waals surface area contributed by atoms with Gasteiger partial charge in [0.15, 0.2) is 0 Å². The Hall–Kier alpha value is -2.49. The molecule has 0 spiro atoms. The van der Waals surface area contributed by atoms with E-state index in [4.69, 9.17) is 9.47 Å². The van der Waals surface area contributed by atoms with Crippen LogP contribution in [0.5, 0.6) is 11.5 Å². The molecule has 2 aromatic rings. The molecule has 0 radical (unpaired) electrons. The van der Waals surface area contributed by atoms with E-state index < -0.39 is 0 Å². The van der Waals surface area contributed by atoms with Crippen molar-refractivity contribution >= 4 is 5.91 Å². The maximum atomic E-state index is 12.5. The van der Waals surface area contributed by atoms with E-state index in [1.54, 1.807) is 0 Å². The lowest BCUT2D eigenvalue weighted by Crippen LogP contribution is -2.30. The highest BCUT2D eigenvalue weighted by Crippen LogP contribution is 2.40. The van der Waals surface area contributed by atoms with Crippen molar-refractivity contribution in [1.82, 2.24) is 4.90 Å². The molecule has 2 heterocycles. The molecule has 2 aliphatic heterocycles. The van der Waals surface area contributed by atoms with Crippen LogP contribution in [-0.4, -0.2) is 37.6 Å². The first-order valence-corrected chi connectivity index (χ1v) is 8.93. The Morgan fingerprint density at radius 3 is 2.76 bits per heavy atom. The molecule has 0 unspecified atom stereocenters. The number of nitrogens with zero attached hydrogens (tertiary/aromatic N) is 1. The van der Waals surface area contributed by atoms with Crippen LogP contribution in [0.2, 0.25) is 0 Å². The van der Waals surface area contributed by atoms with Gasteiger partial charge in [-0.1, -0.05) is 30.3 Å². The first-order chi connectivity index (χ1) is 12.2. The van der Waals surface area contributed by atoms with Crippen molar-refractivity contribution in [3.05, 3.63) is 58.7 Å². The van der Waals surface area contributed by atoms with Gasteiger partial charge >= 0.3 is 0 Å². The summed E-state index contributed by atoms with van der Waals surface area (Å²) in [4.78, 5) is 14.3. The van der Waals surface area contributed by atoms with Crippen LogP contribution >= 0.6 is 0 Å². The predicted octanol–water partition coefficient (Wildman–Crippen LogP) is 2.80. The molecule has 130 valence electrons. The Kier molecular flexibility index (Phi) is 4.35. The van der Waals surface area contributed by atoms with Gasteiger partial charge in [-0.25, -0.2) is 0 Å². The monoisotopic (exact) mass is 337 g/mol. The lowest BCUT2D eigenvalue weighted by molar-refractivity contribution is -0.129. The minimum absolute atomic E-state index is 0.146. The molecule has 0 N–H and O–H groups in total. The smallest absolute Gasteiger partial charge is 0.226 e. The average molecular weight is 337 g/mol. The van der Waals surface area contributed by atoms with E-state index in [0.29, 0.717) is 13.0 Å². The maximum absolute atomic E-state index is 12.5. The Morgan fingerprint density at radius 1 is 1.12 bits per heavy atom. The van der Waals surface area contributed by atoms with Crippen LogP contribution in [0, 0.1) is 0 Å². The molecule has 0 fully saturated rings. The molecule has 4 heteroatoms. The summed E-state index contributed by atoms with van der Waals surface area (Å²) in [6.45, 7) is 2.18. The molecule has 0 aliphatic carbocycles. The number of fused-ring (bicyclic) bond motifs is 2. The van der Waals surface area contributed by atoms with Gasteiger partial charge in [-0.3, -0.25) is 4.79 Å². The molecule has 0 atom stereocenters. The third-order valence-electron chi connectivity index (χ3n) is 5.08. The average Bonchev–Trinajstić information content (AvgIpc) is 3.28. The van der Waals surface area contributed by atoms with Gasteiger partial charge in [0, 0.05) is 43.1 Å². The Balaban J connectivity index is 1.46. The largest absolute Gasteiger partial charge is 0.493 e. The highest BCUT2D eigenvalue weighted by molar-refractivity contribution is 5.78. The second kappa shape index (κ2) is 6.79. The SMILES string of the molecule is CN(CCc1c2c(cc3c1OCC3)OCC2)C(=O)Cc1ccccc1. The highest BCUT2D eigenvalue weighted by atomic mass is 16.5. The maximum Gasteiger partial charge on any atom is 0.226 e. The van der Waals surface area contributed by atoms with Crippen molar-refractivity contribution in [2.24, 2.45) is 0 Å². The third-order valence-corrected chi connectivity index (χ3v) is 5.08. The van der Waals surface area contributed by atoms with E-state index >= 15 is 0 Å². The van der Waals surface area contributed by atoms with Gasteiger partial charge in [0.05, 0.1) is 19.6 Å².